The molecule has 0 aliphatic heterocycles. The summed E-state index contributed by atoms with van der Waals surface area (Å²) in [4.78, 5) is 12.5. The van der Waals surface area contributed by atoms with E-state index in [1.807, 2.05) is 0 Å². The summed E-state index contributed by atoms with van der Waals surface area (Å²) in [7, 11) is 4.17. The normalized spacial score (nSPS) is 12.9. The van der Waals surface area contributed by atoms with Crippen LogP contribution >= 0.6 is 10.7 Å². The molecule has 1 amide bonds. The van der Waals surface area contributed by atoms with Crippen LogP contribution in [0.4, 0.5) is 4.39 Å². The van der Waals surface area contributed by atoms with E-state index in [9.17, 15) is 17.6 Å². The van der Waals surface area contributed by atoms with E-state index >= 15 is 0 Å². The van der Waals surface area contributed by atoms with Gasteiger partial charge in [0.1, 0.15) is 0 Å². The maximum absolute atomic E-state index is 13.6. The zero-order valence-corrected chi connectivity index (χ0v) is 12.1. The van der Waals surface area contributed by atoms with Crippen molar-refractivity contribution in [3.63, 3.8) is 0 Å². The Balaban J connectivity index is 2.96. The lowest BCUT2D eigenvalue weighted by atomic mass is 10.3. The van der Waals surface area contributed by atoms with E-state index in [1.165, 1.54) is 11.8 Å². The topological polar surface area (TPSA) is 63.7 Å². The number of nitrogens with zero attached hydrogens (tertiary/aromatic N) is 1. The van der Waals surface area contributed by atoms with Gasteiger partial charge in [0.2, 0.25) is 0 Å². The number of carbonyl (C=O) groups is 1. The number of rotatable bonds is 4. The zero-order chi connectivity index (χ0) is 14.8. The zero-order valence-electron chi connectivity index (χ0n) is 10.6. The molecule has 0 aromatic heterocycles. The molecule has 0 aliphatic carbocycles. The van der Waals surface area contributed by atoms with Crippen LogP contribution in [0.25, 0.3) is 0 Å². The molecule has 0 N–H and O–H groups in total. The summed E-state index contributed by atoms with van der Waals surface area (Å²) >= 11 is 0. The van der Waals surface area contributed by atoms with Crippen molar-refractivity contribution in [2.75, 3.05) is 14.1 Å². The van der Waals surface area contributed by atoms with E-state index in [4.69, 9.17) is 15.4 Å². The van der Waals surface area contributed by atoms with Crippen LogP contribution in [0, 0.1) is 5.82 Å². The van der Waals surface area contributed by atoms with Gasteiger partial charge in [0.15, 0.2) is 17.7 Å². The van der Waals surface area contributed by atoms with Crippen LogP contribution in [0.3, 0.4) is 0 Å². The van der Waals surface area contributed by atoms with E-state index in [2.05, 4.69) is 0 Å². The number of benzene rings is 1. The Hall–Kier alpha value is -1.34. The van der Waals surface area contributed by atoms with Gasteiger partial charge in [-0.1, -0.05) is 0 Å². The standard InChI is InChI=1S/C11H13ClFNO4S/c1-7(11(15)14(2)3)18-10-5-4-8(6-9(10)13)19(12,16)17/h4-7H,1-3H3. The summed E-state index contributed by atoms with van der Waals surface area (Å²) in [5.41, 5.74) is 0. The minimum Gasteiger partial charge on any atom is -0.478 e. The molecular formula is C11H13ClFNO4S. The summed E-state index contributed by atoms with van der Waals surface area (Å²) in [6, 6.07) is 2.96. The third-order valence-corrected chi connectivity index (χ3v) is 3.63. The predicted octanol–water partition coefficient (Wildman–Crippen LogP) is 1.61. The fourth-order valence-corrected chi connectivity index (χ4v) is 2.10. The monoisotopic (exact) mass is 309 g/mol. The lowest BCUT2D eigenvalue weighted by Gasteiger charge is -2.18. The molecule has 1 atom stereocenters. The highest BCUT2D eigenvalue weighted by Crippen LogP contribution is 2.24. The first-order chi connectivity index (χ1) is 8.62. The van der Waals surface area contributed by atoms with Gasteiger partial charge < -0.3 is 9.64 Å². The molecule has 106 valence electrons. The first-order valence-electron chi connectivity index (χ1n) is 5.25. The Kier molecular flexibility index (Phi) is 4.75. The number of halogens is 2. The highest BCUT2D eigenvalue weighted by Gasteiger charge is 2.19. The summed E-state index contributed by atoms with van der Waals surface area (Å²) in [6.07, 6.45) is -0.886. The van der Waals surface area contributed by atoms with Crippen LogP contribution in [0.15, 0.2) is 23.1 Å². The number of hydrogen-bond acceptors (Lipinski definition) is 4. The summed E-state index contributed by atoms with van der Waals surface area (Å²) in [5, 5.41) is 0. The lowest BCUT2D eigenvalue weighted by molar-refractivity contribution is -0.135. The Morgan fingerprint density at radius 3 is 2.42 bits per heavy atom. The minimum atomic E-state index is -4.00. The SMILES string of the molecule is CC(Oc1ccc(S(=O)(=O)Cl)cc1F)C(=O)N(C)C. The quantitative estimate of drug-likeness (QED) is 0.793. The summed E-state index contributed by atoms with van der Waals surface area (Å²) in [5.74, 6) is -1.46. The van der Waals surface area contributed by atoms with Gasteiger partial charge in [0.25, 0.3) is 15.0 Å². The first kappa shape index (κ1) is 15.7. The number of likely N-dealkylation sites (N-methyl/N-ethyl adjacent to an activating group) is 1. The highest BCUT2D eigenvalue weighted by atomic mass is 35.7. The van der Waals surface area contributed by atoms with E-state index in [1.54, 1.807) is 14.1 Å². The van der Waals surface area contributed by atoms with Gasteiger partial charge in [0.05, 0.1) is 4.90 Å². The molecule has 0 saturated carbocycles. The first-order valence-corrected chi connectivity index (χ1v) is 7.56. The van der Waals surface area contributed by atoms with Crippen molar-refractivity contribution in [1.82, 2.24) is 4.90 Å². The number of ether oxygens (including phenoxy) is 1. The average molecular weight is 310 g/mol. The largest absolute Gasteiger partial charge is 0.478 e. The molecular weight excluding hydrogens is 297 g/mol. The molecule has 0 fully saturated rings. The highest BCUT2D eigenvalue weighted by molar-refractivity contribution is 8.13. The lowest BCUT2D eigenvalue weighted by Crippen LogP contribution is -2.35. The molecule has 19 heavy (non-hydrogen) atoms. The van der Waals surface area contributed by atoms with Crippen molar-refractivity contribution in [3.8, 4) is 5.75 Å². The molecule has 1 rings (SSSR count). The molecule has 1 unspecified atom stereocenters. The van der Waals surface area contributed by atoms with Crippen LogP contribution in [0.2, 0.25) is 0 Å². The van der Waals surface area contributed by atoms with Crippen LogP contribution < -0.4 is 4.74 Å². The average Bonchev–Trinajstić information content (AvgIpc) is 2.29. The molecule has 1 aromatic carbocycles. The molecule has 0 spiro atoms. The second-order valence-corrected chi connectivity index (χ2v) is 6.59. The van der Waals surface area contributed by atoms with Gasteiger partial charge in [-0.15, -0.1) is 0 Å². The van der Waals surface area contributed by atoms with E-state index in [0.29, 0.717) is 0 Å². The maximum Gasteiger partial charge on any atom is 0.262 e. The van der Waals surface area contributed by atoms with Crippen molar-refractivity contribution in [2.45, 2.75) is 17.9 Å². The third kappa shape index (κ3) is 4.07. The van der Waals surface area contributed by atoms with E-state index in [-0.39, 0.29) is 16.6 Å². The molecule has 0 aliphatic rings. The van der Waals surface area contributed by atoms with Crippen molar-refractivity contribution >= 4 is 25.6 Å². The smallest absolute Gasteiger partial charge is 0.262 e. The summed E-state index contributed by atoms with van der Waals surface area (Å²) in [6.45, 7) is 1.47. The maximum atomic E-state index is 13.6. The molecule has 0 bridgehead atoms. The Bertz CT molecular complexity index is 588. The van der Waals surface area contributed by atoms with Crippen LogP contribution in [-0.4, -0.2) is 39.4 Å². The fraction of sp³-hybridized carbons (Fsp3) is 0.364. The number of carbonyl (C=O) groups excluding carboxylic acids is 1. The molecule has 0 saturated heterocycles. The van der Waals surface area contributed by atoms with Gasteiger partial charge in [-0.25, -0.2) is 12.8 Å². The number of amides is 1. The van der Waals surface area contributed by atoms with Crippen molar-refractivity contribution in [2.24, 2.45) is 0 Å². The van der Waals surface area contributed by atoms with Gasteiger partial charge in [-0.05, 0) is 25.1 Å². The molecule has 8 heteroatoms. The molecule has 1 aromatic rings. The molecule has 0 heterocycles. The number of hydrogen-bond donors (Lipinski definition) is 0. The molecule has 0 radical (unpaired) electrons. The second kappa shape index (κ2) is 5.75. The van der Waals surface area contributed by atoms with Gasteiger partial charge in [0, 0.05) is 24.8 Å². The van der Waals surface area contributed by atoms with Crippen LogP contribution in [0.1, 0.15) is 6.92 Å². The predicted molar refractivity (Wildman–Crippen MR) is 68.2 cm³/mol. The minimum absolute atomic E-state index is 0.216. The summed E-state index contributed by atoms with van der Waals surface area (Å²) < 4.78 is 40.8. The van der Waals surface area contributed by atoms with Gasteiger partial charge in [-0.3, -0.25) is 4.79 Å². The van der Waals surface area contributed by atoms with Crippen molar-refractivity contribution in [3.05, 3.63) is 24.0 Å². The van der Waals surface area contributed by atoms with E-state index in [0.717, 1.165) is 18.2 Å². The fourth-order valence-electron chi connectivity index (χ4n) is 1.33. The van der Waals surface area contributed by atoms with Crippen molar-refractivity contribution in [1.29, 1.82) is 0 Å². The van der Waals surface area contributed by atoms with Crippen LogP contribution in [-0.2, 0) is 13.8 Å². The Labute approximate surface area is 115 Å². The van der Waals surface area contributed by atoms with Gasteiger partial charge >= 0.3 is 0 Å². The van der Waals surface area contributed by atoms with E-state index < -0.39 is 21.0 Å². The van der Waals surface area contributed by atoms with Gasteiger partial charge in [-0.2, -0.15) is 0 Å². The molecule has 5 nitrogen and oxygen atoms in total. The van der Waals surface area contributed by atoms with Crippen LogP contribution in [0.5, 0.6) is 5.75 Å². The Morgan fingerprint density at radius 2 is 2.00 bits per heavy atom. The Morgan fingerprint density at radius 1 is 1.42 bits per heavy atom. The third-order valence-electron chi connectivity index (χ3n) is 2.28. The van der Waals surface area contributed by atoms with Crippen molar-refractivity contribution < 1.29 is 22.3 Å². The second-order valence-electron chi connectivity index (χ2n) is 4.02.